The van der Waals surface area contributed by atoms with Crippen molar-refractivity contribution in [3.05, 3.63) is 48.0 Å². The van der Waals surface area contributed by atoms with Crippen LogP contribution in [-0.4, -0.2) is 18.8 Å². The van der Waals surface area contributed by atoms with Crippen LogP contribution in [0.2, 0.25) is 0 Å². The van der Waals surface area contributed by atoms with Crippen LogP contribution in [0.1, 0.15) is 18.9 Å². The molecule has 0 amide bonds. The van der Waals surface area contributed by atoms with E-state index in [1.807, 2.05) is 30.3 Å². The first-order chi connectivity index (χ1) is 11.8. The first-order valence-electron chi connectivity index (χ1n) is 8.16. The van der Waals surface area contributed by atoms with Gasteiger partial charge in [-0.05, 0) is 48.2 Å². The first-order valence-corrected chi connectivity index (χ1v) is 9.04. The molecule has 0 N–H and O–H groups in total. The summed E-state index contributed by atoms with van der Waals surface area (Å²) in [6.45, 7) is 3.88. The monoisotopic (exact) mass is 344 g/mol. The molecule has 5 heteroatoms. The highest BCUT2D eigenvalue weighted by Gasteiger charge is 2.22. The molecular formula is C19H20O4S. The second kappa shape index (κ2) is 6.95. The quantitative estimate of drug-likeness (QED) is 0.800. The van der Waals surface area contributed by atoms with E-state index in [0.29, 0.717) is 19.3 Å². The zero-order valence-corrected chi connectivity index (χ0v) is 14.4. The fraction of sp³-hybridized carbons (Fsp3) is 0.368. The van der Waals surface area contributed by atoms with Crippen molar-refractivity contribution in [1.29, 1.82) is 0 Å². The van der Waals surface area contributed by atoms with Crippen LogP contribution < -0.4 is 14.2 Å². The summed E-state index contributed by atoms with van der Waals surface area (Å²) < 4.78 is 22.4. The molecule has 2 aliphatic heterocycles. The predicted molar refractivity (Wildman–Crippen MR) is 92.7 cm³/mol. The van der Waals surface area contributed by atoms with Gasteiger partial charge in [0.15, 0.2) is 11.5 Å². The lowest BCUT2D eigenvalue weighted by Gasteiger charge is -2.11. The largest absolute Gasteiger partial charge is 0.489 e. The van der Waals surface area contributed by atoms with Crippen LogP contribution in [0.25, 0.3) is 0 Å². The molecule has 1 saturated heterocycles. The van der Waals surface area contributed by atoms with Gasteiger partial charge in [-0.25, -0.2) is 0 Å². The van der Waals surface area contributed by atoms with Gasteiger partial charge < -0.3 is 18.9 Å². The minimum Gasteiger partial charge on any atom is -0.489 e. The van der Waals surface area contributed by atoms with Gasteiger partial charge in [0.2, 0.25) is 6.79 Å². The van der Waals surface area contributed by atoms with E-state index in [1.54, 1.807) is 11.8 Å². The molecule has 4 rings (SSSR count). The maximum absolute atomic E-state index is 5.93. The second-order valence-electron chi connectivity index (χ2n) is 6.17. The fourth-order valence-corrected chi connectivity index (χ4v) is 4.02. The summed E-state index contributed by atoms with van der Waals surface area (Å²) >= 11 is 1.77. The van der Waals surface area contributed by atoms with Gasteiger partial charge in [-0.1, -0.05) is 30.8 Å². The zero-order chi connectivity index (χ0) is 16.4. The van der Waals surface area contributed by atoms with E-state index in [4.69, 9.17) is 18.9 Å². The van der Waals surface area contributed by atoms with Crippen molar-refractivity contribution in [2.24, 2.45) is 5.92 Å². The molecule has 0 saturated carbocycles. The van der Waals surface area contributed by atoms with Crippen molar-refractivity contribution in [3.63, 3.8) is 0 Å². The van der Waals surface area contributed by atoms with Gasteiger partial charge in [0, 0.05) is 4.90 Å². The van der Waals surface area contributed by atoms with Gasteiger partial charge in [-0.2, -0.15) is 0 Å². The third-order valence-corrected chi connectivity index (χ3v) is 5.19. The Bertz CT molecular complexity index is 718. The summed E-state index contributed by atoms with van der Waals surface area (Å²) in [7, 11) is 0. The van der Waals surface area contributed by atoms with Gasteiger partial charge in [0.1, 0.15) is 17.8 Å². The molecule has 24 heavy (non-hydrogen) atoms. The summed E-state index contributed by atoms with van der Waals surface area (Å²) in [6.07, 6.45) is 1.10. The molecule has 2 aromatic rings. The van der Waals surface area contributed by atoms with Crippen molar-refractivity contribution >= 4 is 11.8 Å². The highest BCUT2D eigenvalue weighted by Crippen LogP contribution is 2.35. The Hall–Kier alpha value is -1.85. The van der Waals surface area contributed by atoms with Crippen LogP contribution in [0.5, 0.6) is 17.2 Å². The van der Waals surface area contributed by atoms with Crippen LogP contribution in [0.15, 0.2) is 47.4 Å². The van der Waals surface area contributed by atoms with E-state index in [0.717, 1.165) is 35.8 Å². The zero-order valence-electron chi connectivity index (χ0n) is 13.6. The van der Waals surface area contributed by atoms with E-state index < -0.39 is 0 Å². The second-order valence-corrected chi connectivity index (χ2v) is 7.41. The van der Waals surface area contributed by atoms with Crippen LogP contribution in [0.4, 0.5) is 0 Å². The Balaban J connectivity index is 1.37. The third kappa shape index (κ3) is 3.62. The van der Waals surface area contributed by atoms with Crippen LogP contribution in [0, 0.1) is 5.92 Å². The Morgan fingerprint density at radius 3 is 2.92 bits per heavy atom. The molecule has 2 atom stereocenters. The molecule has 1 fully saturated rings. The summed E-state index contributed by atoms with van der Waals surface area (Å²) in [4.78, 5) is 1.18. The summed E-state index contributed by atoms with van der Waals surface area (Å²) in [6, 6.07) is 14.1. The van der Waals surface area contributed by atoms with E-state index in [9.17, 15) is 0 Å². The van der Waals surface area contributed by atoms with Crippen molar-refractivity contribution in [2.75, 3.05) is 13.4 Å². The number of benzene rings is 2. The van der Waals surface area contributed by atoms with Crippen LogP contribution in [0.3, 0.4) is 0 Å². The number of ether oxygens (including phenoxy) is 4. The molecule has 126 valence electrons. The number of fused-ring (bicyclic) bond motifs is 1. The van der Waals surface area contributed by atoms with Gasteiger partial charge >= 0.3 is 0 Å². The van der Waals surface area contributed by atoms with Crippen molar-refractivity contribution < 1.29 is 18.9 Å². The number of rotatable bonds is 5. The molecule has 2 aromatic carbocycles. The topological polar surface area (TPSA) is 36.9 Å². The maximum Gasteiger partial charge on any atom is 0.231 e. The van der Waals surface area contributed by atoms with E-state index in [2.05, 4.69) is 19.1 Å². The summed E-state index contributed by atoms with van der Waals surface area (Å²) in [5.41, 5.74) is 1.31. The first kappa shape index (κ1) is 15.7. The lowest BCUT2D eigenvalue weighted by Crippen LogP contribution is -1.99. The number of hydrogen-bond donors (Lipinski definition) is 0. The van der Waals surface area contributed by atoms with E-state index >= 15 is 0 Å². The molecule has 2 heterocycles. The SMILES string of the molecule is C[C@H]1COC(Sc2cccc(OCc3ccc4c(c3)OCO4)c2)C1. The molecule has 2 aliphatic rings. The molecule has 0 spiro atoms. The van der Waals surface area contributed by atoms with E-state index in [-0.39, 0.29) is 5.44 Å². The van der Waals surface area contributed by atoms with Gasteiger partial charge in [-0.15, -0.1) is 0 Å². The lowest BCUT2D eigenvalue weighted by molar-refractivity contribution is 0.166. The highest BCUT2D eigenvalue weighted by atomic mass is 32.2. The molecule has 1 unspecified atom stereocenters. The average Bonchev–Trinajstić information content (AvgIpc) is 3.21. The normalized spacial score (nSPS) is 21.9. The standard InChI is InChI=1S/C19H20O4S/c1-13-7-19(21-10-13)24-16-4-2-3-15(9-16)20-11-14-5-6-17-18(8-14)23-12-22-17/h2-6,8-9,13,19H,7,10-12H2,1H3/t13-,19?/m1/s1. The molecular weight excluding hydrogens is 324 g/mol. The summed E-state index contributed by atoms with van der Waals surface area (Å²) in [5.74, 6) is 3.09. The van der Waals surface area contributed by atoms with Crippen LogP contribution >= 0.6 is 11.8 Å². The van der Waals surface area contributed by atoms with Gasteiger partial charge in [0.25, 0.3) is 0 Å². The smallest absolute Gasteiger partial charge is 0.231 e. The van der Waals surface area contributed by atoms with Crippen molar-refractivity contribution in [1.82, 2.24) is 0 Å². The van der Waals surface area contributed by atoms with E-state index in [1.165, 1.54) is 4.90 Å². The van der Waals surface area contributed by atoms with Gasteiger partial charge in [-0.3, -0.25) is 0 Å². The molecule has 0 radical (unpaired) electrons. The number of thioether (sulfide) groups is 1. The van der Waals surface area contributed by atoms with Crippen molar-refractivity contribution in [3.8, 4) is 17.2 Å². The highest BCUT2D eigenvalue weighted by molar-refractivity contribution is 7.99. The molecule has 0 bridgehead atoms. The lowest BCUT2D eigenvalue weighted by atomic mass is 10.2. The third-order valence-electron chi connectivity index (χ3n) is 4.08. The predicted octanol–water partition coefficient (Wildman–Crippen LogP) is 4.47. The van der Waals surface area contributed by atoms with Gasteiger partial charge in [0.05, 0.1) is 6.61 Å². The fourth-order valence-electron chi connectivity index (χ4n) is 2.80. The maximum atomic E-state index is 5.93. The average molecular weight is 344 g/mol. The summed E-state index contributed by atoms with van der Waals surface area (Å²) in [5, 5.41) is 0. The Morgan fingerprint density at radius 1 is 1.12 bits per heavy atom. The minimum absolute atomic E-state index is 0.254. The Morgan fingerprint density at radius 2 is 2.04 bits per heavy atom. The molecule has 4 nitrogen and oxygen atoms in total. The Kier molecular flexibility index (Phi) is 4.54. The van der Waals surface area contributed by atoms with Crippen molar-refractivity contribution in [2.45, 2.75) is 30.3 Å². The number of hydrogen-bond acceptors (Lipinski definition) is 5. The molecule has 0 aromatic heterocycles. The van der Waals surface area contributed by atoms with Crippen LogP contribution in [-0.2, 0) is 11.3 Å². The molecule has 0 aliphatic carbocycles. The minimum atomic E-state index is 0.254. The Labute approximate surface area is 146 Å².